The first-order valence-corrected chi connectivity index (χ1v) is 10.0. The Kier molecular flexibility index (Phi) is 6.29. The number of ether oxygens (including phenoxy) is 1. The number of fused-ring (bicyclic) bond motifs is 1. The normalized spacial score (nSPS) is 18.7. The molecule has 1 saturated heterocycles. The maximum atomic E-state index is 12.1. The lowest BCUT2D eigenvalue weighted by Crippen LogP contribution is -2.55. The van der Waals surface area contributed by atoms with Gasteiger partial charge in [-0.25, -0.2) is 9.59 Å². The number of carbonyl (C=O) groups is 1. The molecule has 1 amide bonds. The Labute approximate surface area is 171 Å². The van der Waals surface area contributed by atoms with Crippen molar-refractivity contribution in [3.05, 3.63) is 45.8 Å². The molecule has 0 radical (unpaired) electrons. The van der Waals surface area contributed by atoms with E-state index >= 15 is 0 Å². The minimum absolute atomic E-state index is 0.119. The average Bonchev–Trinajstić information content (AvgIpc) is 2.59. The highest BCUT2D eigenvalue weighted by molar-refractivity contribution is 5.80. The van der Waals surface area contributed by atoms with Crippen molar-refractivity contribution in [2.75, 3.05) is 33.2 Å². The van der Waals surface area contributed by atoms with E-state index in [0.29, 0.717) is 18.7 Å². The van der Waals surface area contributed by atoms with Gasteiger partial charge >= 0.3 is 11.7 Å². The molecule has 0 saturated carbocycles. The fraction of sp³-hybridized carbons (Fsp3) is 0.545. The van der Waals surface area contributed by atoms with Gasteiger partial charge in [0, 0.05) is 50.2 Å². The zero-order valence-electron chi connectivity index (χ0n) is 17.9. The highest BCUT2D eigenvalue weighted by atomic mass is 16.6. The van der Waals surface area contributed by atoms with E-state index in [9.17, 15) is 9.59 Å². The molecule has 1 unspecified atom stereocenters. The number of hydrogen-bond acceptors (Lipinski definition) is 6. The van der Waals surface area contributed by atoms with Gasteiger partial charge in [0.25, 0.3) is 0 Å². The molecule has 0 aliphatic carbocycles. The van der Waals surface area contributed by atoms with Gasteiger partial charge in [-0.1, -0.05) is 12.1 Å². The molecule has 1 fully saturated rings. The third kappa shape index (κ3) is 5.81. The molecule has 0 spiro atoms. The van der Waals surface area contributed by atoms with E-state index < -0.39 is 11.7 Å². The van der Waals surface area contributed by atoms with Gasteiger partial charge in [-0.3, -0.25) is 4.90 Å². The van der Waals surface area contributed by atoms with E-state index in [4.69, 9.17) is 9.15 Å². The molecule has 1 aliphatic heterocycles. The molecule has 1 aromatic carbocycles. The molecule has 3 rings (SSSR count). The second-order valence-electron chi connectivity index (χ2n) is 8.86. The second-order valence-corrected chi connectivity index (χ2v) is 8.86. The van der Waals surface area contributed by atoms with Crippen LogP contribution in [0.25, 0.3) is 11.0 Å². The summed E-state index contributed by atoms with van der Waals surface area (Å²) >= 11 is 0. The lowest BCUT2D eigenvalue weighted by atomic mass is 10.1. The number of amides is 1. The average molecular weight is 402 g/mol. The number of alkyl carbamates (subject to hydrolysis) is 1. The van der Waals surface area contributed by atoms with Crippen molar-refractivity contribution in [3.63, 3.8) is 0 Å². The quantitative estimate of drug-likeness (QED) is 0.794. The van der Waals surface area contributed by atoms with Crippen molar-refractivity contribution < 1.29 is 13.9 Å². The molecule has 29 heavy (non-hydrogen) atoms. The molecule has 1 atom stereocenters. The summed E-state index contributed by atoms with van der Waals surface area (Å²) < 4.78 is 10.7. The van der Waals surface area contributed by atoms with Gasteiger partial charge in [0.15, 0.2) is 0 Å². The predicted molar refractivity (Wildman–Crippen MR) is 113 cm³/mol. The first kappa shape index (κ1) is 21.3. The number of carbonyl (C=O) groups excluding carboxylic acids is 1. The van der Waals surface area contributed by atoms with Crippen LogP contribution in [0.5, 0.6) is 0 Å². The van der Waals surface area contributed by atoms with Crippen molar-refractivity contribution in [1.29, 1.82) is 0 Å². The van der Waals surface area contributed by atoms with Gasteiger partial charge < -0.3 is 19.4 Å². The third-order valence-corrected chi connectivity index (χ3v) is 5.05. The molecule has 0 bridgehead atoms. The van der Waals surface area contributed by atoms with Crippen molar-refractivity contribution in [2.45, 2.75) is 45.9 Å². The Morgan fingerprint density at radius 3 is 2.76 bits per heavy atom. The first-order chi connectivity index (χ1) is 13.6. The summed E-state index contributed by atoms with van der Waals surface area (Å²) in [7, 11) is 2.08. The molecule has 158 valence electrons. The lowest BCUT2D eigenvalue weighted by molar-refractivity contribution is 0.0454. The lowest BCUT2D eigenvalue weighted by Gasteiger charge is -2.40. The third-order valence-electron chi connectivity index (χ3n) is 5.05. The SMILES string of the molecule is Cc1ccc2c(CN3CCN(C)CC3CNC(=O)OC(C)(C)C)cc(=O)oc2c1. The van der Waals surface area contributed by atoms with Crippen molar-refractivity contribution in [2.24, 2.45) is 0 Å². The zero-order valence-corrected chi connectivity index (χ0v) is 17.9. The monoisotopic (exact) mass is 401 g/mol. The van der Waals surface area contributed by atoms with Crippen LogP contribution in [0.15, 0.2) is 33.5 Å². The fourth-order valence-corrected chi connectivity index (χ4v) is 3.65. The van der Waals surface area contributed by atoms with E-state index in [1.165, 1.54) is 0 Å². The topological polar surface area (TPSA) is 75.0 Å². The van der Waals surface area contributed by atoms with Crippen LogP contribution in [-0.4, -0.2) is 60.8 Å². The van der Waals surface area contributed by atoms with Gasteiger partial charge in [-0.2, -0.15) is 0 Å². The number of hydrogen-bond donors (Lipinski definition) is 1. The van der Waals surface area contributed by atoms with Crippen LogP contribution in [0, 0.1) is 6.92 Å². The van der Waals surface area contributed by atoms with E-state index in [-0.39, 0.29) is 11.7 Å². The van der Waals surface area contributed by atoms with Crippen molar-refractivity contribution in [3.8, 4) is 0 Å². The minimum atomic E-state index is -0.526. The smallest absolute Gasteiger partial charge is 0.407 e. The number of nitrogens with zero attached hydrogens (tertiary/aromatic N) is 2. The van der Waals surface area contributed by atoms with E-state index in [1.54, 1.807) is 6.07 Å². The van der Waals surface area contributed by atoms with Crippen LogP contribution >= 0.6 is 0 Å². The largest absolute Gasteiger partial charge is 0.444 e. The first-order valence-electron chi connectivity index (χ1n) is 10.0. The molecule has 1 aliphatic rings. The Morgan fingerprint density at radius 2 is 2.03 bits per heavy atom. The molecular weight excluding hydrogens is 370 g/mol. The van der Waals surface area contributed by atoms with Crippen LogP contribution < -0.4 is 10.9 Å². The number of nitrogens with one attached hydrogen (secondary N) is 1. The summed E-state index contributed by atoms with van der Waals surface area (Å²) in [5.74, 6) is 0. The molecule has 2 aromatic rings. The summed E-state index contributed by atoms with van der Waals surface area (Å²) in [6.07, 6.45) is -0.410. The number of aryl methyl sites for hydroxylation is 1. The van der Waals surface area contributed by atoms with Crippen LogP contribution in [-0.2, 0) is 11.3 Å². The van der Waals surface area contributed by atoms with Crippen LogP contribution in [0.1, 0.15) is 31.9 Å². The van der Waals surface area contributed by atoms with Gasteiger partial charge in [0.1, 0.15) is 11.2 Å². The molecule has 2 heterocycles. The van der Waals surface area contributed by atoms with E-state index in [0.717, 1.165) is 36.1 Å². The maximum Gasteiger partial charge on any atom is 0.407 e. The number of benzene rings is 1. The number of piperazine rings is 1. The number of likely N-dealkylation sites (N-methyl/N-ethyl adjacent to an activating group) is 1. The standard InChI is InChI=1S/C22H31N3O4/c1-15-6-7-18-16(11-20(26)28-19(18)10-15)13-25-9-8-24(5)14-17(25)12-23-21(27)29-22(2,3)4/h6-7,10-11,17H,8-9,12-14H2,1-5H3,(H,23,27). The Balaban J connectivity index is 1.77. The molecular formula is C22H31N3O4. The highest BCUT2D eigenvalue weighted by Crippen LogP contribution is 2.22. The highest BCUT2D eigenvalue weighted by Gasteiger charge is 2.27. The van der Waals surface area contributed by atoms with Gasteiger partial charge in [0.05, 0.1) is 0 Å². The Morgan fingerprint density at radius 1 is 1.28 bits per heavy atom. The molecule has 7 heteroatoms. The molecule has 1 aromatic heterocycles. The fourth-order valence-electron chi connectivity index (χ4n) is 3.65. The molecule has 7 nitrogen and oxygen atoms in total. The van der Waals surface area contributed by atoms with Gasteiger partial charge in [0.2, 0.25) is 0 Å². The van der Waals surface area contributed by atoms with E-state index in [2.05, 4.69) is 22.2 Å². The summed E-state index contributed by atoms with van der Waals surface area (Å²) in [5, 5.41) is 3.84. The summed E-state index contributed by atoms with van der Waals surface area (Å²) in [4.78, 5) is 28.7. The summed E-state index contributed by atoms with van der Waals surface area (Å²) in [6.45, 7) is 11.2. The summed E-state index contributed by atoms with van der Waals surface area (Å²) in [5.41, 5.74) is 1.75. The summed E-state index contributed by atoms with van der Waals surface area (Å²) in [6, 6.07) is 7.62. The Bertz CT molecular complexity index is 932. The van der Waals surface area contributed by atoms with Crippen LogP contribution in [0.4, 0.5) is 4.79 Å². The predicted octanol–water partition coefficient (Wildman–Crippen LogP) is 2.74. The van der Waals surface area contributed by atoms with Crippen LogP contribution in [0.3, 0.4) is 0 Å². The molecule has 1 N–H and O–H groups in total. The minimum Gasteiger partial charge on any atom is -0.444 e. The Hall–Kier alpha value is -2.38. The van der Waals surface area contributed by atoms with Crippen LogP contribution in [0.2, 0.25) is 0 Å². The van der Waals surface area contributed by atoms with Gasteiger partial charge in [-0.15, -0.1) is 0 Å². The van der Waals surface area contributed by atoms with Crippen molar-refractivity contribution in [1.82, 2.24) is 15.1 Å². The van der Waals surface area contributed by atoms with E-state index in [1.807, 2.05) is 45.9 Å². The maximum absolute atomic E-state index is 12.1. The van der Waals surface area contributed by atoms with Gasteiger partial charge in [-0.05, 0) is 51.9 Å². The zero-order chi connectivity index (χ0) is 21.2. The van der Waals surface area contributed by atoms with Crippen molar-refractivity contribution >= 4 is 17.1 Å². The number of rotatable bonds is 4. The second kappa shape index (κ2) is 8.55.